The summed E-state index contributed by atoms with van der Waals surface area (Å²) in [4.78, 5) is 20.8. The monoisotopic (exact) mass is 490 g/mol. The number of anilines is 2. The van der Waals surface area contributed by atoms with Crippen LogP contribution < -0.4 is 9.62 Å². The average Bonchev–Trinajstić information content (AvgIpc) is 2.72. The molecule has 7 nitrogen and oxygen atoms in total. The number of sulfonamides is 1. The van der Waals surface area contributed by atoms with E-state index in [-0.39, 0.29) is 16.6 Å². The molecule has 0 saturated carbocycles. The van der Waals surface area contributed by atoms with Crippen molar-refractivity contribution < 1.29 is 13.2 Å². The molecule has 1 amide bonds. The van der Waals surface area contributed by atoms with Gasteiger partial charge in [0, 0.05) is 22.8 Å². The molecule has 0 radical (unpaired) electrons. The number of fused-ring (bicyclic) bond motifs is 3. The molecule has 0 aliphatic carbocycles. The van der Waals surface area contributed by atoms with Gasteiger partial charge in [-0.15, -0.1) is 0 Å². The van der Waals surface area contributed by atoms with E-state index in [1.165, 1.54) is 17.5 Å². The van der Waals surface area contributed by atoms with Gasteiger partial charge in [-0.05, 0) is 30.3 Å². The third-order valence-electron chi connectivity index (χ3n) is 4.33. The first-order chi connectivity index (χ1) is 13.9. The summed E-state index contributed by atoms with van der Waals surface area (Å²) in [7, 11) is -2.20. The summed E-state index contributed by atoms with van der Waals surface area (Å²) < 4.78 is 27.6. The Bertz CT molecular complexity index is 1200. The molecule has 0 saturated heterocycles. The van der Waals surface area contributed by atoms with Crippen molar-refractivity contribution in [3.63, 3.8) is 0 Å². The lowest BCUT2D eigenvalue weighted by Crippen LogP contribution is -2.31. The maximum Gasteiger partial charge on any atom is 0.267 e. The predicted octanol–water partition coefficient (Wildman–Crippen LogP) is 3.78. The Kier molecular flexibility index (Phi) is 5.32. The lowest BCUT2D eigenvalue weighted by Gasteiger charge is -2.28. The fourth-order valence-corrected chi connectivity index (χ4v) is 5.07. The number of hydrogen-bond acceptors (Lipinski definition) is 6. The molecule has 0 atom stereocenters. The molecule has 0 fully saturated rings. The molecule has 1 N–H and O–H groups in total. The van der Waals surface area contributed by atoms with Crippen LogP contribution in [0.5, 0.6) is 0 Å². The van der Waals surface area contributed by atoms with Gasteiger partial charge in [0.2, 0.25) is 5.91 Å². The standard InChI is InChI=1S/C19H15BrN4O3S2/c1-24-15-5-3-2-4-14(15)18-16(29(24,26)27)10-21-19(23-18)28-11-17(25)22-13-8-6-12(20)7-9-13/h2-10H,11H2,1H3,(H,22,25). The minimum Gasteiger partial charge on any atom is -0.325 e. The van der Waals surface area contributed by atoms with Gasteiger partial charge in [-0.2, -0.15) is 0 Å². The zero-order valence-corrected chi connectivity index (χ0v) is 18.4. The van der Waals surface area contributed by atoms with Crippen molar-refractivity contribution in [3.05, 3.63) is 59.2 Å². The topological polar surface area (TPSA) is 92.3 Å². The van der Waals surface area contributed by atoms with Crippen molar-refractivity contribution >= 4 is 55.0 Å². The van der Waals surface area contributed by atoms with Crippen LogP contribution in [0.3, 0.4) is 0 Å². The van der Waals surface area contributed by atoms with Gasteiger partial charge in [0.15, 0.2) is 5.16 Å². The van der Waals surface area contributed by atoms with Crippen molar-refractivity contribution in [3.8, 4) is 11.3 Å². The molecule has 1 aliphatic heterocycles. The van der Waals surface area contributed by atoms with Crippen molar-refractivity contribution in [2.75, 3.05) is 22.4 Å². The summed E-state index contributed by atoms with van der Waals surface area (Å²) in [5, 5.41) is 3.13. The van der Waals surface area contributed by atoms with Crippen molar-refractivity contribution in [1.29, 1.82) is 0 Å². The Balaban J connectivity index is 1.56. The van der Waals surface area contributed by atoms with Crippen LogP contribution in [0.4, 0.5) is 11.4 Å². The second-order valence-electron chi connectivity index (χ2n) is 6.20. The van der Waals surface area contributed by atoms with Crippen LogP contribution in [0.1, 0.15) is 0 Å². The number of rotatable bonds is 4. The van der Waals surface area contributed by atoms with Gasteiger partial charge in [0.25, 0.3) is 10.0 Å². The van der Waals surface area contributed by atoms with E-state index in [2.05, 4.69) is 31.2 Å². The van der Waals surface area contributed by atoms with Crippen LogP contribution in [0.25, 0.3) is 11.3 Å². The number of aromatic nitrogens is 2. The number of halogens is 1. The van der Waals surface area contributed by atoms with E-state index in [1.807, 2.05) is 24.3 Å². The van der Waals surface area contributed by atoms with E-state index < -0.39 is 10.0 Å². The Labute approximate surface area is 180 Å². The number of hydrogen-bond donors (Lipinski definition) is 1. The highest BCUT2D eigenvalue weighted by molar-refractivity contribution is 9.10. The number of nitrogens with zero attached hydrogens (tertiary/aromatic N) is 3. The number of carbonyl (C=O) groups is 1. The molecule has 1 aliphatic rings. The highest BCUT2D eigenvalue weighted by atomic mass is 79.9. The van der Waals surface area contributed by atoms with Gasteiger partial charge >= 0.3 is 0 Å². The molecule has 1 aromatic heterocycles. The van der Waals surface area contributed by atoms with Gasteiger partial charge in [0.05, 0.1) is 23.3 Å². The number of para-hydroxylation sites is 1. The van der Waals surface area contributed by atoms with E-state index in [0.29, 0.717) is 27.8 Å². The van der Waals surface area contributed by atoms with Crippen LogP contribution in [0, 0.1) is 0 Å². The van der Waals surface area contributed by atoms with Gasteiger partial charge in [-0.1, -0.05) is 45.9 Å². The number of carbonyl (C=O) groups excluding carboxylic acids is 1. The number of benzene rings is 2. The lowest BCUT2D eigenvalue weighted by molar-refractivity contribution is -0.113. The zero-order chi connectivity index (χ0) is 20.6. The summed E-state index contributed by atoms with van der Waals surface area (Å²) in [5.41, 5.74) is 2.31. The maximum absolute atomic E-state index is 12.7. The third-order valence-corrected chi connectivity index (χ3v) is 7.49. The predicted molar refractivity (Wildman–Crippen MR) is 117 cm³/mol. The Morgan fingerprint density at radius 3 is 2.66 bits per heavy atom. The van der Waals surface area contributed by atoms with Gasteiger partial charge in [-0.3, -0.25) is 9.10 Å². The van der Waals surface area contributed by atoms with Crippen LogP contribution in [-0.2, 0) is 14.8 Å². The summed E-state index contributed by atoms with van der Waals surface area (Å²) in [6.07, 6.45) is 1.30. The second-order valence-corrected chi connectivity index (χ2v) is 9.99. The molecule has 0 spiro atoms. The van der Waals surface area contributed by atoms with Crippen molar-refractivity contribution in [2.45, 2.75) is 10.1 Å². The minimum atomic E-state index is -3.71. The largest absolute Gasteiger partial charge is 0.325 e. The fraction of sp³-hybridized carbons (Fsp3) is 0.105. The highest BCUT2D eigenvalue weighted by Gasteiger charge is 2.34. The first kappa shape index (κ1) is 19.9. The molecule has 0 unspecified atom stereocenters. The zero-order valence-electron chi connectivity index (χ0n) is 15.2. The summed E-state index contributed by atoms with van der Waals surface area (Å²) in [6.45, 7) is 0. The summed E-state index contributed by atoms with van der Waals surface area (Å²) in [5.74, 6) is -0.102. The third kappa shape index (κ3) is 3.87. The van der Waals surface area contributed by atoms with Gasteiger partial charge in [0.1, 0.15) is 4.90 Å². The lowest BCUT2D eigenvalue weighted by atomic mass is 10.1. The summed E-state index contributed by atoms with van der Waals surface area (Å²) >= 11 is 4.49. The van der Waals surface area contributed by atoms with Crippen LogP contribution in [0.2, 0.25) is 0 Å². The van der Waals surface area contributed by atoms with Crippen LogP contribution in [0.15, 0.2) is 69.3 Å². The van der Waals surface area contributed by atoms with Crippen LogP contribution >= 0.6 is 27.7 Å². The van der Waals surface area contributed by atoms with E-state index in [4.69, 9.17) is 0 Å². The Morgan fingerprint density at radius 1 is 1.17 bits per heavy atom. The van der Waals surface area contributed by atoms with E-state index in [1.54, 1.807) is 24.3 Å². The van der Waals surface area contributed by atoms with E-state index >= 15 is 0 Å². The van der Waals surface area contributed by atoms with Gasteiger partial charge < -0.3 is 5.32 Å². The molecule has 3 aromatic rings. The molecular formula is C19H15BrN4O3S2. The molecule has 10 heteroatoms. The normalized spacial score (nSPS) is 14.1. The molecule has 29 heavy (non-hydrogen) atoms. The number of thioether (sulfide) groups is 1. The Hall–Kier alpha value is -2.43. The molecular weight excluding hydrogens is 476 g/mol. The quantitative estimate of drug-likeness (QED) is 0.441. The summed E-state index contributed by atoms with van der Waals surface area (Å²) in [6, 6.07) is 14.4. The SMILES string of the molecule is CN1c2ccccc2-c2nc(SCC(=O)Nc3ccc(Br)cc3)ncc2S1(=O)=O. The molecule has 0 bridgehead atoms. The van der Waals surface area contributed by atoms with Gasteiger partial charge in [-0.25, -0.2) is 18.4 Å². The Morgan fingerprint density at radius 2 is 1.90 bits per heavy atom. The average molecular weight is 491 g/mol. The first-order valence-electron chi connectivity index (χ1n) is 8.50. The fourth-order valence-electron chi connectivity index (χ4n) is 2.89. The van der Waals surface area contributed by atoms with Crippen LogP contribution in [-0.4, -0.2) is 37.1 Å². The molecule has 4 rings (SSSR count). The molecule has 2 aromatic carbocycles. The second kappa shape index (κ2) is 7.77. The molecule has 148 valence electrons. The smallest absolute Gasteiger partial charge is 0.267 e. The first-order valence-corrected chi connectivity index (χ1v) is 11.7. The minimum absolute atomic E-state index is 0.0577. The van der Waals surface area contributed by atoms with Crippen molar-refractivity contribution in [1.82, 2.24) is 9.97 Å². The number of amides is 1. The van der Waals surface area contributed by atoms with Crippen molar-refractivity contribution in [2.24, 2.45) is 0 Å². The molecule has 2 heterocycles. The number of nitrogens with one attached hydrogen (secondary N) is 1. The highest BCUT2D eigenvalue weighted by Crippen LogP contribution is 2.41. The van der Waals surface area contributed by atoms with E-state index in [0.717, 1.165) is 16.2 Å². The van der Waals surface area contributed by atoms with E-state index in [9.17, 15) is 13.2 Å². The maximum atomic E-state index is 12.7.